The lowest BCUT2D eigenvalue weighted by atomic mass is 10.0. The van der Waals surface area contributed by atoms with E-state index < -0.39 is 28.5 Å². The molecule has 0 spiro atoms. The summed E-state index contributed by atoms with van der Waals surface area (Å²) >= 11 is 3.48. The highest BCUT2D eigenvalue weighted by Gasteiger charge is 2.33. The van der Waals surface area contributed by atoms with Crippen LogP contribution in [0.3, 0.4) is 0 Å². The third kappa shape index (κ3) is 8.70. The number of hydrogen-bond donors (Lipinski definition) is 1. The summed E-state index contributed by atoms with van der Waals surface area (Å²) < 4.78 is 27.4. The molecule has 0 aliphatic carbocycles. The molecule has 0 saturated heterocycles. The van der Waals surface area contributed by atoms with Gasteiger partial charge in [0.05, 0.1) is 11.9 Å². The maximum absolute atomic E-state index is 14.0. The second-order valence-electron chi connectivity index (χ2n) is 9.60. The van der Waals surface area contributed by atoms with Crippen molar-refractivity contribution >= 4 is 43.5 Å². The van der Waals surface area contributed by atoms with Crippen LogP contribution in [0.25, 0.3) is 0 Å². The molecule has 0 radical (unpaired) electrons. The molecular weight excluding hydrogens is 566 g/mol. The molecule has 38 heavy (non-hydrogen) atoms. The van der Waals surface area contributed by atoms with Crippen molar-refractivity contribution in [1.82, 2.24) is 10.2 Å². The highest BCUT2D eigenvalue weighted by Crippen LogP contribution is 2.21. The molecule has 2 amide bonds. The zero-order valence-electron chi connectivity index (χ0n) is 21.9. The first-order valence-electron chi connectivity index (χ1n) is 12.4. The molecule has 0 saturated carbocycles. The van der Waals surface area contributed by atoms with Gasteiger partial charge in [-0.05, 0) is 41.3 Å². The number of anilines is 1. The summed E-state index contributed by atoms with van der Waals surface area (Å²) in [7, 11) is -3.77. The van der Waals surface area contributed by atoms with Gasteiger partial charge in [0.25, 0.3) is 0 Å². The minimum atomic E-state index is -3.77. The summed E-state index contributed by atoms with van der Waals surface area (Å²) in [6.07, 6.45) is 1.36. The lowest BCUT2D eigenvalue weighted by molar-refractivity contribution is -0.140. The molecule has 0 heterocycles. The van der Waals surface area contributed by atoms with Crippen LogP contribution < -0.4 is 9.62 Å². The summed E-state index contributed by atoms with van der Waals surface area (Å²) in [6.45, 7) is 4.17. The molecule has 0 bridgehead atoms. The van der Waals surface area contributed by atoms with E-state index in [1.165, 1.54) is 4.90 Å². The van der Waals surface area contributed by atoms with Gasteiger partial charge < -0.3 is 10.2 Å². The fourth-order valence-corrected chi connectivity index (χ4v) is 5.31. The molecular formula is C29H34BrN3O4S. The first kappa shape index (κ1) is 29.4. The number of halogens is 1. The van der Waals surface area contributed by atoms with Crippen molar-refractivity contribution in [2.75, 3.05) is 23.7 Å². The molecule has 3 rings (SSSR count). The second-order valence-corrected chi connectivity index (χ2v) is 12.4. The molecule has 0 aliphatic rings. The topological polar surface area (TPSA) is 86.8 Å². The highest BCUT2D eigenvalue weighted by molar-refractivity contribution is 9.10. The van der Waals surface area contributed by atoms with Gasteiger partial charge in [-0.15, -0.1) is 0 Å². The van der Waals surface area contributed by atoms with Crippen LogP contribution >= 0.6 is 15.9 Å². The van der Waals surface area contributed by atoms with E-state index in [-0.39, 0.29) is 24.8 Å². The van der Waals surface area contributed by atoms with Crippen LogP contribution in [0.2, 0.25) is 0 Å². The quantitative estimate of drug-likeness (QED) is 0.329. The fraction of sp³-hybridized carbons (Fsp3) is 0.310. The molecule has 202 valence electrons. The minimum Gasteiger partial charge on any atom is -0.354 e. The Morgan fingerprint density at radius 3 is 2.08 bits per heavy atom. The van der Waals surface area contributed by atoms with Crippen LogP contribution in [-0.2, 0) is 32.6 Å². The number of rotatable bonds is 12. The van der Waals surface area contributed by atoms with Crippen LogP contribution in [0.4, 0.5) is 5.69 Å². The predicted molar refractivity (Wildman–Crippen MR) is 155 cm³/mol. The standard InChI is InChI=1S/C29H34BrN3O4S/c1-22(2)19-31-29(35)27(18-23-11-6-4-7-12-23)32(20-24-13-10-14-25(30)17-24)28(34)21-33(38(3,36)37)26-15-8-5-9-16-26/h4-17,22,27H,18-21H2,1-3H3,(H,31,35). The maximum atomic E-state index is 14.0. The Bertz CT molecular complexity index is 1320. The van der Waals surface area contributed by atoms with Gasteiger partial charge in [-0.2, -0.15) is 0 Å². The van der Waals surface area contributed by atoms with E-state index >= 15 is 0 Å². The van der Waals surface area contributed by atoms with Crippen molar-refractivity contribution in [3.8, 4) is 0 Å². The predicted octanol–water partition coefficient (Wildman–Crippen LogP) is 4.63. The van der Waals surface area contributed by atoms with E-state index in [9.17, 15) is 18.0 Å². The molecule has 3 aromatic carbocycles. The zero-order valence-corrected chi connectivity index (χ0v) is 24.3. The lowest BCUT2D eigenvalue weighted by Crippen LogP contribution is -2.53. The van der Waals surface area contributed by atoms with E-state index in [0.717, 1.165) is 26.2 Å². The van der Waals surface area contributed by atoms with Crippen molar-refractivity contribution in [2.24, 2.45) is 5.92 Å². The Morgan fingerprint density at radius 2 is 1.50 bits per heavy atom. The second kappa shape index (κ2) is 13.6. The molecule has 3 aromatic rings. The molecule has 1 unspecified atom stereocenters. The lowest BCUT2D eigenvalue weighted by Gasteiger charge is -2.33. The number of nitrogens with one attached hydrogen (secondary N) is 1. The Balaban J connectivity index is 2.03. The Kier molecular flexibility index (Phi) is 10.5. The average Bonchev–Trinajstić information content (AvgIpc) is 2.88. The number of para-hydroxylation sites is 1. The smallest absolute Gasteiger partial charge is 0.244 e. The first-order chi connectivity index (χ1) is 18.0. The molecule has 0 aliphatic heterocycles. The van der Waals surface area contributed by atoms with Gasteiger partial charge in [0.15, 0.2) is 0 Å². The number of carbonyl (C=O) groups excluding carboxylic acids is 2. The van der Waals surface area contributed by atoms with Gasteiger partial charge in [0.2, 0.25) is 21.8 Å². The molecule has 7 nitrogen and oxygen atoms in total. The van der Waals surface area contributed by atoms with Gasteiger partial charge in [-0.3, -0.25) is 13.9 Å². The molecule has 1 atom stereocenters. The van der Waals surface area contributed by atoms with Crippen LogP contribution in [0.15, 0.2) is 89.4 Å². The fourth-order valence-electron chi connectivity index (χ4n) is 4.02. The number of sulfonamides is 1. The molecule has 0 fully saturated rings. The van der Waals surface area contributed by atoms with Gasteiger partial charge in [-0.1, -0.05) is 90.4 Å². The normalized spacial score (nSPS) is 12.1. The van der Waals surface area contributed by atoms with Crippen LogP contribution in [0.5, 0.6) is 0 Å². The highest BCUT2D eigenvalue weighted by atomic mass is 79.9. The average molecular weight is 601 g/mol. The molecule has 9 heteroatoms. The largest absolute Gasteiger partial charge is 0.354 e. The summed E-state index contributed by atoms with van der Waals surface area (Å²) in [6, 6.07) is 24.7. The van der Waals surface area contributed by atoms with Gasteiger partial charge >= 0.3 is 0 Å². The van der Waals surface area contributed by atoms with Crippen molar-refractivity contribution in [3.05, 3.63) is 101 Å². The van der Waals surface area contributed by atoms with E-state index in [0.29, 0.717) is 12.2 Å². The molecule has 0 aromatic heterocycles. The summed E-state index contributed by atoms with van der Waals surface area (Å²) in [5, 5.41) is 2.98. The van der Waals surface area contributed by atoms with E-state index in [1.54, 1.807) is 30.3 Å². The Hall–Kier alpha value is -3.17. The minimum absolute atomic E-state index is 0.136. The Morgan fingerprint density at radius 1 is 0.895 bits per heavy atom. The maximum Gasteiger partial charge on any atom is 0.244 e. The summed E-state index contributed by atoms with van der Waals surface area (Å²) in [5.41, 5.74) is 2.09. The van der Waals surface area contributed by atoms with Gasteiger partial charge in [0.1, 0.15) is 12.6 Å². The van der Waals surface area contributed by atoms with Crippen molar-refractivity contribution in [2.45, 2.75) is 32.9 Å². The van der Waals surface area contributed by atoms with Crippen molar-refractivity contribution in [1.29, 1.82) is 0 Å². The zero-order chi connectivity index (χ0) is 27.7. The van der Waals surface area contributed by atoms with E-state index in [1.807, 2.05) is 68.4 Å². The van der Waals surface area contributed by atoms with Gasteiger partial charge in [-0.25, -0.2) is 8.42 Å². The van der Waals surface area contributed by atoms with Gasteiger partial charge in [0, 0.05) is 24.0 Å². The van der Waals surface area contributed by atoms with E-state index in [4.69, 9.17) is 0 Å². The SMILES string of the molecule is CC(C)CNC(=O)C(Cc1ccccc1)N(Cc1cccc(Br)c1)C(=O)CN(c1ccccc1)S(C)(=O)=O. The third-order valence-electron chi connectivity index (χ3n) is 5.92. The number of hydrogen-bond acceptors (Lipinski definition) is 4. The van der Waals surface area contributed by atoms with E-state index in [2.05, 4.69) is 21.2 Å². The van der Waals surface area contributed by atoms with Crippen LogP contribution in [0.1, 0.15) is 25.0 Å². The summed E-state index contributed by atoms with van der Waals surface area (Å²) in [4.78, 5) is 29.0. The Labute approximate surface area is 234 Å². The number of nitrogens with zero attached hydrogens (tertiary/aromatic N) is 2. The first-order valence-corrected chi connectivity index (χ1v) is 15.1. The van der Waals surface area contributed by atoms with Crippen LogP contribution in [0, 0.1) is 5.92 Å². The van der Waals surface area contributed by atoms with Crippen molar-refractivity contribution < 1.29 is 18.0 Å². The van der Waals surface area contributed by atoms with Crippen molar-refractivity contribution in [3.63, 3.8) is 0 Å². The monoisotopic (exact) mass is 599 g/mol. The summed E-state index contributed by atoms with van der Waals surface area (Å²) in [5.74, 6) is -0.527. The number of carbonyl (C=O) groups is 2. The number of amides is 2. The molecule has 1 N–H and O–H groups in total. The van der Waals surface area contributed by atoms with Crippen LogP contribution in [-0.4, -0.2) is 50.5 Å². The number of benzene rings is 3. The third-order valence-corrected chi connectivity index (χ3v) is 7.55.